The topological polar surface area (TPSA) is 59.3 Å². The monoisotopic (exact) mass is 379 g/mol. The molecule has 1 amide bonds. The Labute approximate surface area is 155 Å². The Morgan fingerprint density at radius 2 is 1.92 bits per heavy atom. The molecule has 25 heavy (non-hydrogen) atoms. The van der Waals surface area contributed by atoms with E-state index in [-0.39, 0.29) is 23.5 Å². The van der Waals surface area contributed by atoms with Gasteiger partial charge in [0.25, 0.3) is 5.91 Å². The van der Waals surface area contributed by atoms with Gasteiger partial charge in [-0.3, -0.25) is 9.00 Å². The van der Waals surface area contributed by atoms with Crippen LogP contribution >= 0.6 is 11.6 Å². The van der Waals surface area contributed by atoms with Crippen molar-refractivity contribution in [1.29, 1.82) is 0 Å². The second-order valence-corrected chi connectivity index (χ2v) is 8.26. The van der Waals surface area contributed by atoms with Crippen LogP contribution in [0.3, 0.4) is 0 Å². The lowest BCUT2D eigenvalue weighted by Gasteiger charge is -2.14. The third kappa shape index (κ3) is 5.19. The number of halogens is 1. The number of carbonyl (C=O) groups is 1. The zero-order valence-corrected chi connectivity index (χ0v) is 15.6. The number of amides is 1. The summed E-state index contributed by atoms with van der Waals surface area (Å²) < 4.78 is 18.0. The summed E-state index contributed by atoms with van der Waals surface area (Å²) in [5.41, 5.74) is 0. The standard InChI is InChI=1S/C19H22ClNO3S/c20-14-6-5-9-17(12-14)25(23)13-16-10-11-18(24-16)19(22)21-15-7-3-1-2-4-8-15/h5-6,9-12,15H,1-4,7-8,13H2,(H,21,22)/t25-/m0/s1. The maximum atomic E-state index is 12.4. The maximum absolute atomic E-state index is 12.4. The number of carbonyl (C=O) groups excluding carboxylic acids is 1. The highest BCUT2D eigenvalue weighted by atomic mass is 35.5. The van der Waals surface area contributed by atoms with E-state index in [2.05, 4.69) is 5.32 Å². The molecule has 1 aliphatic rings. The predicted molar refractivity (Wildman–Crippen MR) is 99.2 cm³/mol. The van der Waals surface area contributed by atoms with Crippen molar-refractivity contribution >= 4 is 28.3 Å². The van der Waals surface area contributed by atoms with E-state index < -0.39 is 10.8 Å². The Kier molecular flexibility index (Phi) is 6.32. The molecule has 3 rings (SSSR count). The van der Waals surface area contributed by atoms with Gasteiger partial charge in [-0.05, 0) is 43.2 Å². The van der Waals surface area contributed by atoms with Gasteiger partial charge in [-0.1, -0.05) is 43.4 Å². The van der Waals surface area contributed by atoms with Crippen molar-refractivity contribution in [2.45, 2.75) is 55.2 Å². The lowest BCUT2D eigenvalue weighted by Crippen LogP contribution is -2.34. The van der Waals surface area contributed by atoms with Gasteiger partial charge in [0.05, 0.1) is 16.6 Å². The molecule has 2 aromatic rings. The van der Waals surface area contributed by atoms with E-state index in [1.807, 2.05) is 0 Å². The third-order valence-electron chi connectivity index (χ3n) is 4.41. The molecule has 4 nitrogen and oxygen atoms in total. The van der Waals surface area contributed by atoms with Gasteiger partial charge in [-0.2, -0.15) is 0 Å². The minimum Gasteiger partial charge on any atom is -0.455 e. The van der Waals surface area contributed by atoms with Crippen molar-refractivity contribution < 1.29 is 13.4 Å². The fourth-order valence-electron chi connectivity index (χ4n) is 3.08. The average Bonchev–Trinajstić information content (AvgIpc) is 2.91. The summed E-state index contributed by atoms with van der Waals surface area (Å²) in [5, 5.41) is 3.60. The molecule has 1 fully saturated rings. The van der Waals surface area contributed by atoms with E-state index in [9.17, 15) is 9.00 Å². The number of rotatable bonds is 5. The summed E-state index contributed by atoms with van der Waals surface area (Å²) in [4.78, 5) is 13.0. The number of nitrogens with one attached hydrogen (secondary N) is 1. The molecule has 6 heteroatoms. The second-order valence-electron chi connectivity index (χ2n) is 6.38. The van der Waals surface area contributed by atoms with Crippen molar-refractivity contribution in [3.63, 3.8) is 0 Å². The van der Waals surface area contributed by atoms with Crippen molar-refractivity contribution in [1.82, 2.24) is 5.32 Å². The van der Waals surface area contributed by atoms with Crippen LogP contribution in [0.2, 0.25) is 5.02 Å². The zero-order chi connectivity index (χ0) is 17.6. The van der Waals surface area contributed by atoms with Crippen molar-refractivity contribution in [2.75, 3.05) is 0 Å². The van der Waals surface area contributed by atoms with Gasteiger partial charge in [0.15, 0.2) is 5.76 Å². The molecule has 0 aliphatic heterocycles. The molecule has 0 radical (unpaired) electrons. The zero-order valence-electron chi connectivity index (χ0n) is 14.0. The van der Waals surface area contributed by atoms with Crippen LogP contribution in [0, 0.1) is 0 Å². The summed E-state index contributed by atoms with van der Waals surface area (Å²) in [6.07, 6.45) is 6.86. The highest BCUT2D eigenvalue weighted by Gasteiger charge is 2.18. The van der Waals surface area contributed by atoms with Gasteiger partial charge in [0.1, 0.15) is 5.76 Å². The minimum absolute atomic E-state index is 0.188. The Morgan fingerprint density at radius 1 is 1.16 bits per heavy atom. The van der Waals surface area contributed by atoms with Gasteiger partial charge in [0.2, 0.25) is 0 Å². The molecule has 0 bridgehead atoms. The number of benzene rings is 1. The van der Waals surface area contributed by atoms with Gasteiger partial charge in [0, 0.05) is 16.0 Å². The van der Waals surface area contributed by atoms with Crippen LogP contribution in [0.4, 0.5) is 0 Å². The van der Waals surface area contributed by atoms with Crippen molar-refractivity contribution in [3.05, 3.63) is 52.9 Å². The van der Waals surface area contributed by atoms with E-state index in [0.29, 0.717) is 15.7 Å². The van der Waals surface area contributed by atoms with Gasteiger partial charge < -0.3 is 9.73 Å². The first-order valence-electron chi connectivity index (χ1n) is 8.65. The lowest BCUT2D eigenvalue weighted by atomic mass is 10.1. The molecule has 1 atom stereocenters. The number of hydrogen-bond donors (Lipinski definition) is 1. The third-order valence-corrected chi connectivity index (χ3v) is 5.97. The number of furan rings is 1. The van der Waals surface area contributed by atoms with E-state index >= 15 is 0 Å². The van der Waals surface area contributed by atoms with Crippen LogP contribution < -0.4 is 5.32 Å². The van der Waals surface area contributed by atoms with Crippen molar-refractivity contribution in [2.24, 2.45) is 0 Å². The Morgan fingerprint density at radius 3 is 2.64 bits per heavy atom. The molecule has 1 aliphatic carbocycles. The predicted octanol–water partition coefficient (Wildman–Crippen LogP) is 4.69. The summed E-state index contributed by atoms with van der Waals surface area (Å²) in [6, 6.07) is 10.5. The molecule has 0 unspecified atom stereocenters. The molecule has 1 aromatic heterocycles. The molecule has 1 N–H and O–H groups in total. The summed E-state index contributed by atoms with van der Waals surface area (Å²) in [6.45, 7) is 0. The normalized spacial score (nSPS) is 17.0. The average molecular weight is 380 g/mol. The first-order valence-corrected chi connectivity index (χ1v) is 10.3. The fourth-order valence-corrected chi connectivity index (χ4v) is 4.40. The quantitative estimate of drug-likeness (QED) is 0.766. The van der Waals surface area contributed by atoms with Gasteiger partial charge >= 0.3 is 0 Å². The second kappa shape index (κ2) is 8.68. The van der Waals surface area contributed by atoms with Crippen LogP contribution in [-0.4, -0.2) is 16.2 Å². The molecule has 134 valence electrons. The van der Waals surface area contributed by atoms with Crippen LogP contribution in [0.5, 0.6) is 0 Å². The van der Waals surface area contributed by atoms with E-state index in [1.54, 1.807) is 36.4 Å². The SMILES string of the molecule is O=C(NC1CCCCCC1)c1ccc(C[S@](=O)c2cccc(Cl)c2)o1. The summed E-state index contributed by atoms with van der Waals surface area (Å²) >= 11 is 5.93. The van der Waals surface area contributed by atoms with Crippen LogP contribution in [0.25, 0.3) is 0 Å². The molecule has 1 saturated carbocycles. The summed E-state index contributed by atoms with van der Waals surface area (Å²) in [5.74, 6) is 0.843. The molecule has 1 heterocycles. The fraction of sp³-hybridized carbons (Fsp3) is 0.421. The van der Waals surface area contributed by atoms with Crippen LogP contribution in [0.15, 0.2) is 45.7 Å². The van der Waals surface area contributed by atoms with E-state index in [1.165, 1.54) is 12.8 Å². The van der Waals surface area contributed by atoms with Gasteiger partial charge in [-0.25, -0.2) is 0 Å². The summed E-state index contributed by atoms with van der Waals surface area (Å²) in [7, 11) is -1.26. The van der Waals surface area contributed by atoms with Crippen LogP contribution in [-0.2, 0) is 16.6 Å². The first kappa shape index (κ1) is 18.2. The Balaban J connectivity index is 1.59. The molecule has 0 spiro atoms. The van der Waals surface area contributed by atoms with Crippen molar-refractivity contribution in [3.8, 4) is 0 Å². The largest absolute Gasteiger partial charge is 0.455 e. The van der Waals surface area contributed by atoms with Crippen LogP contribution in [0.1, 0.15) is 54.8 Å². The Hall–Kier alpha value is -1.59. The van der Waals surface area contributed by atoms with Gasteiger partial charge in [-0.15, -0.1) is 0 Å². The smallest absolute Gasteiger partial charge is 0.287 e. The highest BCUT2D eigenvalue weighted by molar-refractivity contribution is 7.84. The molecular weight excluding hydrogens is 358 g/mol. The van der Waals surface area contributed by atoms with E-state index in [0.717, 1.165) is 25.7 Å². The lowest BCUT2D eigenvalue weighted by molar-refractivity contribution is 0.0904. The Bertz CT molecular complexity index is 751. The molecular formula is C19H22ClNO3S. The first-order chi connectivity index (χ1) is 12.1. The maximum Gasteiger partial charge on any atom is 0.287 e. The number of hydrogen-bond acceptors (Lipinski definition) is 3. The minimum atomic E-state index is -1.26. The molecule has 0 saturated heterocycles. The van der Waals surface area contributed by atoms with E-state index in [4.69, 9.17) is 16.0 Å². The highest BCUT2D eigenvalue weighted by Crippen LogP contribution is 2.20. The molecule has 1 aromatic carbocycles.